The molecule has 1 aliphatic rings. The van der Waals surface area contributed by atoms with E-state index in [9.17, 15) is 13.2 Å². The Morgan fingerprint density at radius 1 is 1.47 bits per heavy atom. The number of hydrogen-bond donors (Lipinski definition) is 1. The van der Waals surface area contributed by atoms with Crippen molar-refractivity contribution in [3.63, 3.8) is 0 Å². The largest absolute Gasteiger partial charge is 0.351 e. The summed E-state index contributed by atoms with van der Waals surface area (Å²) in [5, 5.41) is 2.18. The van der Waals surface area contributed by atoms with Gasteiger partial charge in [-0.2, -0.15) is 0 Å². The lowest BCUT2D eigenvalue weighted by Crippen LogP contribution is -2.40. The molecule has 2 atom stereocenters. The van der Waals surface area contributed by atoms with E-state index in [1.807, 2.05) is 6.92 Å². The summed E-state index contributed by atoms with van der Waals surface area (Å²) in [6.07, 6.45) is 2.20. The number of halogens is 1. The molecule has 0 aliphatic carbocycles. The van der Waals surface area contributed by atoms with E-state index in [1.54, 1.807) is 0 Å². The molecule has 88 valence electrons. The van der Waals surface area contributed by atoms with Gasteiger partial charge in [0.1, 0.15) is 0 Å². The molecule has 4 nitrogen and oxygen atoms in total. The van der Waals surface area contributed by atoms with Gasteiger partial charge in [0.15, 0.2) is 9.84 Å². The van der Waals surface area contributed by atoms with Gasteiger partial charge in [-0.1, -0.05) is 13.3 Å². The topological polar surface area (TPSA) is 63.2 Å². The fourth-order valence-corrected chi connectivity index (χ4v) is 4.10. The molecular weight excluding hydrogens is 238 g/mol. The van der Waals surface area contributed by atoms with Gasteiger partial charge < -0.3 is 5.32 Å². The van der Waals surface area contributed by atoms with E-state index in [0.29, 0.717) is 6.42 Å². The molecule has 1 aliphatic heterocycles. The Hall–Kier alpha value is -0.290. The number of nitrogens with one attached hydrogen (secondary N) is 1. The third-order valence-electron chi connectivity index (χ3n) is 2.39. The molecule has 0 aromatic carbocycles. The first-order valence-corrected chi connectivity index (χ1v) is 7.34. The maximum Gasteiger partial charge on any atom is 0.220 e. The summed E-state index contributed by atoms with van der Waals surface area (Å²) < 4.78 is 22.4. The van der Waals surface area contributed by atoms with Crippen LogP contribution in [-0.4, -0.2) is 37.2 Å². The predicted molar refractivity (Wildman–Crippen MR) is 59.8 cm³/mol. The van der Waals surface area contributed by atoms with Crippen molar-refractivity contribution in [3.8, 4) is 0 Å². The summed E-state index contributed by atoms with van der Waals surface area (Å²) in [5.74, 6) is -0.170. The highest BCUT2D eigenvalue weighted by molar-refractivity contribution is 7.91. The molecule has 1 saturated heterocycles. The highest BCUT2D eigenvalue weighted by Gasteiger charge is 2.36. The minimum Gasteiger partial charge on any atom is -0.351 e. The standard InChI is InChI=1S/C9H16ClNO3S/c1-2-3-4-9(12)11-8-6-15(13,14)5-7(8)10/h7-8H,2-6H2,1H3,(H,11,12)/t7-,8+/m0/s1. The highest BCUT2D eigenvalue weighted by atomic mass is 35.5. The summed E-state index contributed by atoms with van der Waals surface area (Å²) >= 11 is 5.85. The molecule has 0 radical (unpaired) electrons. The van der Waals surface area contributed by atoms with E-state index in [2.05, 4.69) is 5.32 Å². The molecule has 1 N–H and O–H groups in total. The average Bonchev–Trinajstić information content (AvgIpc) is 2.36. The molecule has 0 bridgehead atoms. The molecule has 1 rings (SSSR count). The first-order valence-electron chi connectivity index (χ1n) is 5.08. The number of rotatable bonds is 4. The van der Waals surface area contributed by atoms with Crippen LogP contribution in [0.25, 0.3) is 0 Å². The van der Waals surface area contributed by atoms with Crippen LogP contribution in [0.15, 0.2) is 0 Å². The zero-order chi connectivity index (χ0) is 11.5. The molecule has 0 saturated carbocycles. The lowest BCUT2D eigenvalue weighted by molar-refractivity contribution is -0.121. The lowest BCUT2D eigenvalue weighted by atomic mass is 10.2. The maximum absolute atomic E-state index is 11.3. The molecule has 15 heavy (non-hydrogen) atoms. The quantitative estimate of drug-likeness (QED) is 0.750. The minimum atomic E-state index is -3.06. The maximum atomic E-state index is 11.3. The van der Waals surface area contributed by atoms with Crippen molar-refractivity contribution in [2.24, 2.45) is 0 Å². The number of unbranched alkanes of at least 4 members (excludes halogenated alkanes) is 1. The van der Waals surface area contributed by atoms with E-state index in [0.717, 1.165) is 12.8 Å². The molecular formula is C9H16ClNO3S. The molecule has 0 aromatic heterocycles. The molecule has 0 unspecified atom stereocenters. The normalized spacial score (nSPS) is 28.9. The van der Waals surface area contributed by atoms with Crippen LogP contribution in [0.3, 0.4) is 0 Å². The van der Waals surface area contributed by atoms with Gasteiger partial charge >= 0.3 is 0 Å². The number of amides is 1. The van der Waals surface area contributed by atoms with Crippen LogP contribution in [0.4, 0.5) is 0 Å². The lowest BCUT2D eigenvalue weighted by Gasteiger charge is -2.13. The summed E-state index contributed by atoms with van der Waals surface area (Å²) in [6, 6.07) is -0.416. The van der Waals surface area contributed by atoms with Crippen LogP contribution >= 0.6 is 11.6 Å². The molecule has 1 heterocycles. The number of carbonyl (C=O) groups excluding carboxylic acids is 1. The van der Waals surface area contributed by atoms with Crippen molar-refractivity contribution in [1.82, 2.24) is 5.32 Å². The molecule has 0 spiro atoms. The molecule has 0 aromatic rings. The second-order valence-corrected chi connectivity index (χ2v) is 6.58. The monoisotopic (exact) mass is 253 g/mol. The van der Waals surface area contributed by atoms with Crippen LogP contribution in [0.1, 0.15) is 26.2 Å². The highest BCUT2D eigenvalue weighted by Crippen LogP contribution is 2.18. The number of hydrogen-bond acceptors (Lipinski definition) is 3. The van der Waals surface area contributed by atoms with Crippen LogP contribution < -0.4 is 5.32 Å². The third kappa shape index (κ3) is 3.99. The van der Waals surface area contributed by atoms with Crippen LogP contribution in [0.5, 0.6) is 0 Å². The Bertz CT molecular complexity index is 328. The van der Waals surface area contributed by atoms with Crippen LogP contribution in [0.2, 0.25) is 0 Å². The van der Waals surface area contributed by atoms with Crippen LogP contribution in [0, 0.1) is 0 Å². The SMILES string of the molecule is CCCCC(=O)N[C@@H]1CS(=O)(=O)C[C@@H]1Cl. The first-order chi connectivity index (χ1) is 6.94. The predicted octanol–water partition coefficient (Wildman–Crippen LogP) is 0.697. The number of carbonyl (C=O) groups is 1. The fourth-order valence-electron chi connectivity index (χ4n) is 1.55. The van der Waals surface area contributed by atoms with Gasteiger partial charge in [0.25, 0.3) is 0 Å². The molecule has 1 amide bonds. The van der Waals surface area contributed by atoms with E-state index in [-0.39, 0.29) is 17.4 Å². The summed E-state index contributed by atoms with van der Waals surface area (Å²) in [6.45, 7) is 2.00. The Kier molecular flexibility index (Phi) is 4.40. The van der Waals surface area contributed by atoms with Crippen LogP contribution in [-0.2, 0) is 14.6 Å². The van der Waals surface area contributed by atoms with Crippen molar-refractivity contribution in [3.05, 3.63) is 0 Å². The van der Waals surface area contributed by atoms with Crippen molar-refractivity contribution in [2.45, 2.75) is 37.6 Å². The average molecular weight is 254 g/mol. The smallest absolute Gasteiger partial charge is 0.220 e. The van der Waals surface area contributed by atoms with E-state index >= 15 is 0 Å². The van der Waals surface area contributed by atoms with Crippen molar-refractivity contribution < 1.29 is 13.2 Å². The third-order valence-corrected chi connectivity index (χ3v) is 4.76. The van der Waals surface area contributed by atoms with Gasteiger partial charge in [0.2, 0.25) is 5.91 Å². The number of sulfone groups is 1. The Morgan fingerprint density at radius 2 is 2.13 bits per heavy atom. The zero-order valence-corrected chi connectivity index (χ0v) is 10.3. The zero-order valence-electron chi connectivity index (χ0n) is 8.70. The first kappa shape index (κ1) is 12.8. The Balaban J connectivity index is 2.43. The van der Waals surface area contributed by atoms with E-state index in [1.165, 1.54) is 0 Å². The molecule has 1 fully saturated rings. The number of alkyl halides is 1. The Labute approximate surface area is 95.3 Å². The van der Waals surface area contributed by atoms with Gasteiger partial charge in [0, 0.05) is 6.42 Å². The summed E-state index contributed by atoms with van der Waals surface area (Å²) in [5.41, 5.74) is 0. The van der Waals surface area contributed by atoms with Gasteiger partial charge in [-0.25, -0.2) is 8.42 Å². The van der Waals surface area contributed by atoms with Gasteiger partial charge in [-0.3, -0.25) is 4.79 Å². The Morgan fingerprint density at radius 3 is 2.60 bits per heavy atom. The second kappa shape index (κ2) is 5.16. The van der Waals surface area contributed by atoms with Gasteiger partial charge in [-0.05, 0) is 6.42 Å². The fraction of sp³-hybridized carbons (Fsp3) is 0.889. The summed E-state index contributed by atoms with van der Waals surface area (Å²) in [4.78, 5) is 11.3. The summed E-state index contributed by atoms with van der Waals surface area (Å²) in [7, 11) is -3.06. The minimum absolute atomic E-state index is 0.0287. The van der Waals surface area contributed by atoms with Crippen molar-refractivity contribution in [2.75, 3.05) is 11.5 Å². The second-order valence-electron chi connectivity index (χ2n) is 3.87. The van der Waals surface area contributed by atoms with Crippen molar-refractivity contribution in [1.29, 1.82) is 0 Å². The molecule has 6 heteroatoms. The van der Waals surface area contributed by atoms with E-state index in [4.69, 9.17) is 11.6 Å². The van der Waals surface area contributed by atoms with E-state index < -0.39 is 21.3 Å². The van der Waals surface area contributed by atoms with Crippen molar-refractivity contribution >= 4 is 27.3 Å². The van der Waals surface area contributed by atoms with Gasteiger partial charge in [-0.15, -0.1) is 11.6 Å². The van der Waals surface area contributed by atoms with Gasteiger partial charge in [0.05, 0.1) is 22.9 Å².